The molecule has 1 unspecified atom stereocenters. The second-order valence-electron chi connectivity index (χ2n) is 13.9. The minimum atomic E-state index is -1.16. The normalized spacial score (nSPS) is 17.3. The number of carbonyl (C=O) groups excluding carboxylic acids is 2. The van der Waals surface area contributed by atoms with Gasteiger partial charge in [0, 0.05) is 40.7 Å². The summed E-state index contributed by atoms with van der Waals surface area (Å²) in [6.45, 7) is 11.1. The van der Waals surface area contributed by atoms with E-state index >= 15 is 4.39 Å². The zero-order chi connectivity index (χ0) is 34.5. The van der Waals surface area contributed by atoms with Crippen molar-refractivity contribution >= 4 is 23.8 Å². The summed E-state index contributed by atoms with van der Waals surface area (Å²) < 4.78 is 40.9. The van der Waals surface area contributed by atoms with Gasteiger partial charge >= 0.3 is 12.2 Å². The third kappa shape index (κ3) is 9.45. The number of nitrogens with zero attached hydrogens (tertiary/aromatic N) is 2. The molecule has 7 nitrogen and oxygen atoms in total. The zero-order valence-corrected chi connectivity index (χ0v) is 28.5. The van der Waals surface area contributed by atoms with Gasteiger partial charge in [0.05, 0.1) is 11.6 Å². The van der Waals surface area contributed by atoms with Gasteiger partial charge in [0.1, 0.15) is 11.2 Å². The molecule has 1 atom stereocenters. The molecule has 1 N–H and O–H groups in total. The molecule has 3 aromatic carbocycles. The van der Waals surface area contributed by atoms with Gasteiger partial charge in [-0.3, -0.25) is 0 Å². The van der Waals surface area contributed by atoms with Crippen LogP contribution in [0.2, 0.25) is 5.02 Å². The molecule has 1 saturated carbocycles. The van der Waals surface area contributed by atoms with Gasteiger partial charge in [0.2, 0.25) is 0 Å². The molecule has 1 aliphatic rings. The molecule has 0 aromatic heterocycles. The molecule has 0 radical (unpaired) electrons. The minimum Gasteiger partial charge on any atom is -0.444 e. The summed E-state index contributed by atoms with van der Waals surface area (Å²) in [7, 11) is 0. The highest BCUT2D eigenvalue weighted by Gasteiger charge is 2.35. The third-order valence-corrected chi connectivity index (χ3v) is 8.27. The van der Waals surface area contributed by atoms with Crippen LogP contribution in [0.15, 0.2) is 60.7 Å². The highest BCUT2D eigenvalue weighted by Crippen LogP contribution is 2.38. The minimum absolute atomic E-state index is 0.0497. The van der Waals surface area contributed by atoms with Crippen LogP contribution in [0, 0.1) is 23.0 Å². The Balaban J connectivity index is 1.70. The fourth-order valence-electron chi connectivity index (χ4n) is 5.84. The van der Waals surface area contributed by atoms with Crippen LogP contribution >= 0.6 is 11.6 Å². The molecule has 0 spiro atoms. The van der Waals surface area contributed by atoms with Crippen LogP contribution in [0.1, 0.15) is 89.8 Å². The molecule has 2 amide bonds. The van der Waals surface area contributed by atoms with Gasteiger partial charge in [-0.25, -0.2) is 18.4 Å². The van der Waals surface area contributed by atoms with Crippen LogP contribution in [0.25, 0.3) is 11.1 Å². The third-order valence-electron chi connectivity index (χ3n) is 7.94. The van der Waals surface area contributed by atoms with E-state index in [9.17, 15) is 19.2 Å². The quantitative estimate of drug-likeness (QED) is 0.272. The Morgan fingerprint density at radius 3 is 2.17 bits per heavy atom. The molecule has 250 valence electrons. The number of hydrogen-bond donors (Lipinski definition) is 1. The molecule has 0 bridgehead atoms. The molecular formula is C37H42ClF2N3O4. The summed E-state index contributed by atoms with van der Waals surface area (Å²) in [5.41, 5.74) is 0.128. The van der Waals surface area contributed by atoms with E-state index in [4.69, 9.17) is 21.1 Å². The van der Waals surface area contributed by atoms with Crippen molar-refractivity contribution < 1.29 is 27.8 Å². The number of hydrogen-bond acceptors (Lipinski definition) is 5. The number of rotatable bonds is 7. The maximum absolute atomic E-state index is 15.2. The lowest BCUT2D eigenvalue weighted by Crippen LogP contribution is -2.49. The number of nitrogens with one attached hydrogen (secondary N) is 1. The first-order valence-electron chi connectivity index (χ1n) is 15.8. The Morgan fingerprint density at radius 1 is 0.936 bits per heavy atom. The maximum Gasteiger partial charge on any atom is 0.410 e. The summed E-state index contributed by atoms with van der Waals surface area (Å²) in [5, 5.41) is 12.8. The number of alkyl carbamates (subject to hydrolysis) is 1. The molecule has 10 heteroatoms. The Hall–Kier alpha value is -4.16. The van der Waals surface area contributed by atoms with Crippen molar-refractivity contribution in [3.8, 4) is 17.2 Å². The lowest BCUT2D eigenvalue weighted by Gasteiger charge is -2.39. The highest BCUT2D eigenvalue weighted by atomic mass is 35.5. The van der Waals surface area contributed by atoms with Gasteiger partial charge in [0.25, 0.3) is 0 Å². The van der Waals surface area contributed by atoms with Crippen molar-refractivity contribution in [3.63, 3.8) is 0 Å². The second-order valence-corrected chi connectivity index (χ2v) is 14.3. The van der Waals surface area contributed by atoms with Crippen LogP contribution in [-0.4, -0.2) is 46.9 Å². The van der Waals surface area contributed by atoms with Gasteiger partial charge in [-0.15, -0.1) is 0 Å². The predicted molar refractivity (Wildman–Crippen MR) is 178 cm³/mol. The Bertz CT molecular complexity index is 1620. The SMILES string of the molecule is CC(C)(C)OC(=O)NC1CCC(N(CC(c2ccccc2)c2ccc(Cl)c(-c3c(C#N)ccc(F)c3F)c2)C(=O)OC(C)(C)C)CC1. The van der Waals surface area contributed by atoms with E-state index in [1.165, 1.54) is 6.07 Å². The molecule has 1 aliphatic carbocycles. The first-order valence-corrected chi connectivity index (χ1v) is 16.2. The van der Waals surface area contributed by atoms with E-state index in [0.717, 1.165) is 11.6 Å². The van der Waals surface area contributed by atoms with Gasteiger partial charge in [-0.05, 0) is 103 Å². The van der Waals surface area contributed by atoms with Gasteiger partial charge in [-0.1, -0.05) is 48.0 Å². The average Bonchev–Trinajstić information content (AvgIpc) is 2.99. The van der Waals surface area contributed by atoms with E-state index < -0.39 is 40.9 Å². The van der Waals surface area contributed by atoms with E-state index in [2.05, 4.69) is 5.32 Å². The Morgan fingerprint density at radius 2 is 1.57 bits per heavy atom. The molecule has 0 heterocycles. The molecular weight excluding hydrogens is 624 g/mol. The van der Waals surface area contributed by atoms with Crippen LogP contribution in [0.3, 0.4) is 0 Å². The van der Waals surface area contributed by atoms with Gasteiger partial charge in [-0.2, -0.15) is 5.26 Å². The summed E-state index contributed by atoms with van der Waals surface area (Å²) in [6, 6.07) is 18.4. The van der Waals surface area contributed by atoms with E-state index in [1.54, 1.807) is 23.1 Å². The maximum atomic E-state index is 15.2. The standard InChI is InChI=1S/C37H42ClF2N3O4/c1-36(2,3)46-34(44)42-26-14-16-27(17-15-26)43(35(45)47-37(4,5)6)22-29(23-10-8-7-9-11-23)24-12-18-30(38)28(20-24)32-25(21-41)13-19-31(39)33(32)40/h7-13,18-20,26-27,29H,14-17,22H2,1-6H3,(H,42,44). The van der Waals surface area contributed by atoms with Crippen LogP contribution < -0.4 is 5.32 Å². The number of ether oxygens (including phenoxy) is 2. The van der Waals surface area contributed by atoms with E-state index in [0.29, 0.717) is 31.2 Å². The number of carbonyl (C=O) groups is 2. The van der Waals surface area contributed by atoms with E-state index in [1.807, 2.05) is 77.9 Å². The fourth-order valence-corrected chi connectivity index (χ4v) is 6.05. The zero-order valence-electron chi connectivity index (χ0n) is 27.7. The summed E-state index contributed by atoms with van der Waals surface area (Å²) >= 11 is 6.55. The number of nitriles is 1. The molecule has 47 heavy (non-hydrogen) atoms. The average molecular weight is 666 g/mol. The number of amides is 2. The first-order chi connectivity index (χ1) is 22.1. The van der Waals surface area contributed by atoms with Crippen LogP contribution in [-0.2, 0) is 9.47 Å². The number of halogens is 3. The molecule has 0 aliphatic heterocycles. The second kappa shape index (κ2) is 14.7. The number of benzene rings is 3. The van der Waals surface area contributed by atoms with Crippen LogP contribution in [0.4, 0.5) is 18.4 Å². The lowest BCUT2D eigenvalue weighted by molar-refractivity contribution is 0.00941. The summed E-state index contributed by atoms with van der Waals surface area (Å²) in [5.74, 6) is -2.67. The molecule has 3 aromatic rings. The van der Waals surface area contributed by atoms with Crippen LogP contribution in [0.5, 0.6) is 0 Å². The molecule has 4 rings (SSSR count). The Kier molecular flexibility index (Phi) is 11.2. The van der Waals surface area contributed by atoms with Crippen molar-refractivity contribution in [2.24, 2.45) is 0 Å². The fraction of sp³-hybridized carbons (Fsp3) is 0.432. The monoisotopic (exact) mass is 665 g/mol. The van der Waals surface area contributed by atoms with Crippen molar-refractivity contribution in [3.05, 3.63) is 94.0 Å². The van der Waals surface area contributed by atoms with Gasteiger partial charge in [0.15, 0.2) is 11.6 Å². The Labute approximate surface area is 280 Å². The van der Waals surface area contributed by atoms with Crippen molar-refractivity contribution in [1.29, 1.82) is 5.26 Å². The highest BCUT2D eigenvalue weighted by molar-refractivity contribution is 6.33. The molecule has 0 saturated heterocycles. The predicted octanol–water partition coefficient (Wildman–Crippen LogP) is 9.36. The van der Waals surface area contributed by atoms with E-state index in [-0.39, 0.29) is 40.3 Å². The lowest BCUT2D eigenvalue weighted by atomic mass is 9.86. The van der Waals surface area contributed by atoms with Crippen molar-refractivity contribution in [2.75, 3.05) is 6.54 Å². The molecule has 1 fully saturated rings. The van der Waals surface area contributed by atoms with Crippen molar-refractivity contribution in [1.82, 2.24) is 10.2 Å². The first kappa shape index (κ1) is 35.7. The largest absolute Gasteiger partial charge is 0.444 e. The topological polar surface area (TPSA) is 91.7 Å². The summed E-state index contributed by atoms with van der Waals surface area (Å²) in [4.78, 5) is 28.0. The smallest absolute Gasteiger partial charge is 0.410 e. The van der Waals surface area contributed by atoms with Crippen molar-refractivity contribution in [2.45, 2.75) is 96.4 Å². The summed E-state index contributed by atoms with van der Waals surface area (Å²) in [6.07, 6.45) is 1.57. The van der Waals surface area contributed by atoms with Gasteiger partial charge < -0.3 is 19.7 Å².